The van der Waals surface area contributed by atoms with Gasteiger partial charge in [0.25, 0.3) is 5.91 Å². The average molecular weight is 594 g/mol. The Morgan fingerprint density at radius 1 is 0.974 bits per heavy atom. The van der Waals surface area contributed by atoms with E-state index < -0.39 is 57.5 Å². The topological polar surface area (TPSA) is 63.7 Å². The number of carbonyl (C=O) groups excluding carboxylic acids is 1. The molecule has 0 saturated heterocycles. The van der Waals surface area contributed by atoms with Crippen LogP contribution in [0.5, 0.6) is 5.75 Å². The summed E-state index contributed by atoms with van der Waals surface area (Å²) in [5, 5.41) is -1.07. The lowest BCUT2D eigenvalue weighted by Crippen LogP contribution is -2.62. The molecule has 212 valence electrons. The number of sulfonamides is 1. The van der Waals surface area contributed by atoms with E-state index in [1.807, 2.05) is 6.07 Å². The molecule has 2 saturated carbocycles. The van der Waals surface area contributed by atoms with Crippen molar-refractivity contribution in [2.24, 2.45) is 0 Å². The molecule has 1 aromatic heterocycles. The smallest absolute Gasteiger partial charge is 0.417 e. The van der Waals surface area contributed by atoms with Crippen LogP contribution in [0.4, 0.5) is 26.3 Å². The van der Waals surface area contributed by atoms with Gasteiger partial charge in [0.2, 0.25) is 10.0 Å². The van der Waals surface area contributed by atoms with Gasteiger partial charge in [0.1, 0.15) is 5.75 Å². The van der Waals surface area contributed by atoms with Crippen LogP contribution in [0, 0.1) is 0 Å². The first kappa shape index (κ1) is 28.0. The first-order valence-corrected chi connectivity index (χ1v) is 14.8. The van der Waals surface area contributed by atoms with Crippen LogP contribution >= 0.6 is 11.3 Å². The van der Waals surface area contributed by atoms with Crippen molar-refractivity contribution in [2.45, 2.75) is 74.0 Å². The fourth-order valence-corrected chi connectivity index (χ4v) is 8.04. The highest BCUT2D eigenvalue weighted by atomic mass is 32.2. The van der Waals surface area contributed by atoms with Crippen LogP contribution in [0.2, 0.25) is 0 Å². The second kappa shape index (κ2) is 9.83. The molecule has 1 unspecified atom stereocenters. The first-order chi connectivity index (χ1) is 18.2. The van der Waals surface area contributed by atoms with Crippen molar-refractivity contribution in [3.63, 3.8) is 0 Å². The summed E-state index contributed by atoms with van der Waals surface area (Å²) in [6.07, 6.45) is -8.45. The average Bonchev–Trinajstić information content (AvgIpc) is 3.78. The summed E-state index contributed by atoms with van der Waals surface area (Å²) in [6.45, 7) is -0.307. The number of alkyl halides is 6. The van der Waals surface area contributed by atoms with Gasteiger partial charge in [-0.25, -0.2) is 12.7 Å². The van der Waals surface area contributed by atoms with Crippen LogP contribution in [-0.2, 0) is 20.4 Å². The van der Waals surface area contributed by atoms with Crippen molar-refractivity contribution in [3.05, 3.63) is 57.8 Å². The van der Waals surface area contributed by atoms with Crippen LogP contribution in [-0.4, -0.2) is 42.8 Å². The molecule has 2 fully saturated rings. The number of ether oxygens (including phenoxy) is 1. The summed E-state index contributed by atoms with van der Waals surface area (Å²) in [5.41, 5.74) is -3.57. The molecular formula is C26H25F6NO4S2. The fourth-order valence-electron chi connectivity index (χ4n) is 4.81. The summed E-state index contributed by atoms with van der Waals surface area (Å²) in [6, 6.07) is 7.86. The minimum absolute atomic E-state index is 0.00969. The number of benzene rings is 1. The van der Waals surface area contributed by atoms with Crippen LogP contribution in [0.25, 0.3) is 5.57 Å². The van der Waals surface area contributed by atoms with E-state index in [2.05, 4.69) is 0 Å². The second-order valence-corrected chi connectivity index (χ2v) is 13.3. The standard InChI is InChI=1S/C26H25F6NO4S2/c27-25(28,29)12-1-13-37-19-6-4-18(5-7-19)24(26(30,31)32)15-17(22-11-10-21(38-22)16-2-3-16)14-23(34)33(24)39(35,36)20-8-9-20/h4-7,10-11,14,16,20H,1-3,8-9,12-13,15H2. The van der Waals surface area contributed by atoms with Crippen LogP contribution in [0.1, 0.15) is 66.2 Å². The molecule has 5 rings (SSSR count). The lowest BCUT2D eigenvalue weighted by atomic mass is 9.80. The van der Waals surface area contributed by atoms with Gasteiger partial charge < -0.3 is 4.74 Å². The lowest BCUT2D eigenvalue weighted by molar-refractivity contribution is -0.221. The van der Waals surface area contributed by atoms with E-state index in [1.165, 1.54) is 11.3 Å². The molecule has 3 aliphatic rings. The molecule has 5 nitrogen and oxygen atoms in total. The Labute approximate surface area is 225 Å². The number of amides is 1. The SMILES string of the molecule is O=C1C=C(c2ccc(C3CC3)s2)CC(c2ccc(OCCCC(F)(F)F)cc2)(C(F)(F)F)N1S(=O)(=O)C1CC1. The predicted octanol–water partition coefficient (Wildman–Crippen LogP) is 6.91. The second-order valence-electron chi connectivity index (χ2n) is 10.1. The van der Waals surface area contributed by atoms with Gasteiger partial charge >= 0.3 is 12.4 Å². The Bertz CT molecular complexity index is 1370. The molecule has 0 bridgehead atoms. The van der Waals surface area contributed by atoms with E-state index in [4.69, 9.17) is 4.74 Å². The number of hydrogen-bond acceptors (Lipinski definition) is 5. The maximum atomic E-state index is 15.2. The Morgan fingerprint density at radius 3 is 2.21 bits per heavy atom. The number of carbonyl (C=O) groups is 1. The van der Waals surface area contributed by atoms with E-state index in [-0.39, 0.29) is 41.5 Å². The number of rotatable bonds is 9. The summed E-state index contributed by atoms with van der Waals surface area (Å²) in [7, 11) is -4.64. The van der Waals surface area contributed by atoms with E-state index in [0.717, 1.165) is 48.1 Å². The molecule has 1 aliphatic heterocycles. The quantitative estimate of drug-likeness (QED) is 0.234. The maximum Gasteiger partial charge on any atom is 0.417 e. The largest absolute Gasteiger partial charge is 0.494 e. The lowest BCUT2D eigenvalue weighted by Gasteiger charge is -2.46. The van der Waals surface area contributed by atoms with Gasteiger partial charge in [-0.1, -0.05) is 12.1 Å². The zero-order valence-corrected chi connectivity index (χ0v) is 22.2. The molecule has 0 radical (unpaired) electrons. The highest BCUT2D eigenvalue weighted by Gasteiger charge is 2.67. The van der Waals surface area contributed by atoms with Gasteiger partial charge in [-0.2, -0.15) is 26.3 Å². The van der Waals surface area contributed by atoms with Gasteiger partial charge in [0, 0.05) is 28.7 Å². The predicted molar refractivity (Wildman–Crippen MR) is 133 cm³/mol. The van der Waals surface area contributed by atoms with Gasteiger partial charge in [0.15, 0.2) is 5.54 Å². The van der Waals surface area contributed by atoms with E-state index >= 15 is 13.2 Å². The molecular weight excluding hydrogens is 568 g/mol. The molecule has 39 heavy (non-hydrogen) atoms. The van der Waals surface area contributed by atoms with Gasteiger partial charge in [-0.3, -0.25) is 4.79 Å². The zero-order chi connectivity index (χ0) is 28.2. The highest BCUT2D eigenvalue weighted by molar-refractivity contribution is 7.90. The third-order valence-electron chi connectivity index (χ3n) is 7.09. The third kappa shape index (κ3) is 5.57. The fraction of sp³-hybridized carbons (Fsp3) is 0.500. The number of nitrogens with zero attached hydrogens (tertiary/aromatic N) is 1. The van der Waals surface area contributed by atoms with E-state index in [0.29, 0.717) is 10.8 Å². The van der Waals surface area contributed by atoms with Gasteiger partial charge in [0.05, 0.1) is 11.9 Å². The minimum Gasteiger partial charge on any atom is -0.494 e. The highest BCUT2D eigenvalue weighted by Crippen LogP contribution is 2.55. The van der Waals surface area contributed by atoms with Gasteiger partial charge in [-0.05, 0) is 73.4 Å². The Balaban J connectivity index is 1.53. The van der Waals surface area contributed by atoms with Gasteiger partial charge in [-0.15, -0.1) is 11.3 Å². The minimum atomic E-state index is -5.18. The molecule has 1 atom stereocenters. The number of hydrogen-bond donors (Lipinski definition) is 0. The molecule has 1 aromatic carbocycles. The molecule has 2 aromatic rings. The van der Waals surface area contributed by atoms with Crippen molar-refractivity contribution in [3.8, 4) is 5.75 Å². The van der Waals surface area contributed by atoms with Crippen molar-refractivity contribution < 1.29 is 44.3 Å². The van der Waals surface area contributed by atoms with Crippen LogP contribution in [0.3, 0.4) is 0 Å². The summed E-state index contributed by atoms with van der Waals surface area (Å²) in [5.74, 6) is -0.874. The Morgan fingerprint density at radius 2 is 1.64 bits per heavy atom. The Kier molecular flexibility index (Phi) is 7.06. The van der Waals surface area contributed by atoms with Crippen LogP contribution in [0.15, 0.2) is 42.5 Å². The molecule has 13 heteroatoms. The maximum absolute atomic E-state index is 15.2. The van der Waals surface area contributed by atoms with Crippen LogP contribution < -0.4 is 4.74 Å². The van der Waals surface area contributed by atoms with Crippen molar-refractivity contribution in [2.75, 3.05) is 6.61 Å². The Hall–Kier alpha value is -2.54. The summed E-state index contributed by atoms with van der Waals surface area (Å²) >= 11 is 1.31. The van der Waals surface area contributed by atoms with Crippen molar-refractivity contribution >= 4 is 32.8 Å². The molecule has 1 amide bonds. The number of thiophene rings is 1. The van der Waals surface area contributed by atoms with E-state index in [1.54, 1.807) is 6.07 Å². The normalized spacial score (nSPS) is 22.7. The third-order valence-corrected chi connectivity index (χ3v) is 10.7. The number of halogens is 6. The molecule has 0 spiro atoms. The first-order valence-electron chi connectivity index (χ1n) is 12.5. The van der Waals surface area contributed by atoms with E-state index in [9.17, 15) is 26.4 Å². The molecule has 0 N–H and O–H groups in total. The van der Waals surface area contributed by atoms with Crippen molar-refractivity contribution in [1.29, 1.82) is 0 Å². The molecule has 2 aliphatic carbocycles. The zero-order valence-electron chi connectivity index (χ0n) is 20.5. The summed E-state index contributed by atoms with van der Waals surface area (Å²) < 4.78 is 115. The molecule has 2 heterocycles. The summed E-state index contributed by atoms with van der Waals surface area (Å²) in [4.78, 5) is 14.8. The van der Waals surface area contributed by atoms with Crippen molar-refractivity contribution in [1.82, 2.24) is 4.31 Å². The monoisotopic (exact) mass is 593 g/mol.